The first-order chi connectivity index (χ1) is 13.9. The van der Waals surface area contributed by atoms with E-state index in [0.29, 0.717) is 12.1 Å². The van der Waals surface area contributed by atoms with Crippen molar-refractivity contribution in [3.8, 4) is 11.1 Å². The van der Waals surface area contributed by atoms with Gasteiger partial charge in [0.25, 0.3) is 5.91 Å². The average molecular weight is 392 g/mol. The van der Waals surface area contributed by atoms with Crippen LogP contribution in [0.1, 0.15) is 28.9 Å². The number of benzene rings is 2. The third kappa shape index (κ3) is 3.82. The number of aromatic nitrogens is 1. The lowest BCUT2D eigenvalue weighted by Gasteiger charge is -2.22. The topological polar surface area (TPSA) is 102 Å². The molecule has 3 aromatic rings. The number of pyridine rings is 1. The lowest BCUT2D eigenvalue weighted by molar-refractivity contribution is -0.122. The van der Waals surface area contributed by atoms with Gasteiger partial charge in [-0.1, -0.05) is 24.3 Å². The molecule has 0 bridgehead atoms. The first kappa shape index (κ1) is 19.0. The van der Waals surface area contributed by atoms with Crippen LogP contribution in [0.2, 0.25) is 0 Å². The van der Waals surface area contributed by atoms with Crippen LogP contribution in [-0.4, -0.2) is 34.3 Å². The zero-order chi connectivity index (χ0) is 20.5. The number of nitrogens with two attached hydrogens (primary N) is 2. The summed E-state index contributed by atoms with van der Waals surface area (Å²) >= 11 is 0. The van der Waals surface area contributed by atoms with Crippen molar-refractivity contribution < 1.29 is 14.0 Å². The molecule has 2 aromatic carbocycles. The third-order valence-corrected chi connectivity index (χ3v) is 5.36. The summed E-state index contributed by atoms with van der Waals surface area (Å²) in [5.74, 6) is -1.27. The van der Waals surface area contributed by atoms with Crippen LogP contribution in [0.25, 0.3) is 22.0 Å². The lowest BCUT2D eigenvalue weighted by Crippen LogP contribution is -2.39. The highest BCUT2D eigenvalue weighted by Crippen LogP contribution is 2.30. The number of carbonyl (C=O) groups excluding carboxylic acids is 2. The molecule has 148 valence electrons. The molecule has 0 radical (unpaired) electrons. The molecule has 1 aromatic heterocycles. The van der Waals surface area contributed by atoms with E-state index >= 15 is 0 Å². The van der Waals surface area contributed by atoms with Crippen molar-refractivity contribution >= 4 is 22.7 Å². The van der Waals surface area contributed by atoms with E-state index in [9.17, 15) is 14.0 Å². The number of carbonyl (C=O) groups is 2. The van der Waals surface area contributed by atoms with Gasteiger partial charge in [-0.25, -0.2) is 9.37 Å². The van der Waals surface area contributed by atoms with Gasteiger partial charge in [-0.15, -0.1) is 0 Å². The minimum absolute atomic E-state index is 0.144. The van der Waals surface area contributed by atoms with Crippen LogP contribution in [-0.2, 0) is 11.3 Å². The first-order valence-corrected chi connectivity index (χ1v) is 9.45. The highest BCUT2D eigenvalue weighted by Gasteiger charge is 2.28. The van der Waals surface area contributed by atoms with Crippen molar-refractivity contribution in [1.29, 1.82) is 0 Å². The van der Waals surface area contributed by atoms with Gasteiger partial charge in [0.2, 0.25) is 5.91 Å². The minimum atomic E-state index is -0.631. The quantitative estimate of drug-likeness (QED) is 0.697. The normalized spacial score (nSPS) is 16.9. The highest BCUT2D eigenvalue weighted by atomic mass is 19.1. The van der Waals surface area contributed by atoms with Crippen LogP contribution < -0.4 is 11.5 Å². The number of primary amides is 2. The molecular weight excluding hydrogens is 371 g/mol. The van der Waals surface area contributed by atoms with Gasteiger partial charge in [-0.05, 0) is 60.3 Å². The Labute approximate surface area is 167 Å². The molecule has 1 saturated heterocycles. The molecule has 0 spiro atoms. The van der Waals surface area contributed by atoms with Crippen LogP contribution in [0.15, 0.2) is 48.5 Å². The number of likely N-dealkylation sites (tertiary alicyclic amines) is 1. The molecule has 1 aliphatic heterocycles. The van der Waals surface area contributed by atoms with Crippen LogP contribution in [0.5, 0.6) is 0 Å². The van der Waals surface area contributed by atoms with Crippen molar-refractivity contribution in [3.63, 3.8) is 0 Å². The number of rotatable bonds is 5. The van der Waals surface area contributed by atoms with E-state index < -0.39 is 5.91 Å². The summed E-state index contributed by atoms with van der Waals surface area (Å²) in [5, 5.41) is 0.832. The van der Waals surface area contributed by atoms with E-state index in [1.807, 2.05) is 18.2 Å². The van der Waals surface area contributed by atoms with Gasteiger partial charge in [0, 0.05) is 11.9 Å². The van der Waals surface area contributed by atoms with Gasteiger partial charge >= 0.3 is 0 Å². The molecule has 0 saturated carbocycles. The molecular formula is C22H21FN4O2. The molecule has 1 aliphatic rings. The molecule has 4 N–H and O–H groups in total. The van der Waals surface area contributed by atoms with Crippen LogP contribution >= 0.6 is 0 Å². The van der Waals surface area contributed by atoms with Gasteiger partial charge in [-0.2, -0.15) is 0 Å². The van der Waals surface area contributed by atoms with Crippen LogP contribution in [0.3, 0.4) is 0 Å². The molecule has 1 atom stereocenters. The van der Waals surface area contributed by atoms with Crippen molar-refractivity contribution in [1.82, 2.24) is 9.88 Å². The molecule has 2 amide bonds. The summed E-state index contributed by atoms with van der Waals surface area (Å²) < 4.78 is 13.3. The fourth-order valence-corrected chi connectivity index (χ4v) is 3.94. The van der Waals surface area contributed by atoms with E-state index in [2.05, 4.69) is 9.88 Å². The fourth-order valence-electron chi connectivity index (χ4n) is 3.94. The second kappa shape index (κ2) is 7.60. The van der Waals surface area contributed by atoms with Crippen molar-refractivity contribution in [2.24, 2.45) is 11.5 Å². The Morgan fingerprint density at radius 1 is 1.10 bits per heavy atom. The van der Waals surface area contributed by atoms with Gasteiger partial charge in [-0.3, -0.25) is 14.5 Å². The summed E-state index contributed by atoms with van der Waals surface area (Å²) in [5.41, 5.74) is 14.2. The SMILES string of the molecule is NC(=O)c1cc(-c2ccc(F)cc2)c2ccc(CN3CCC[C@H]3C(N)=O)cc2n1. The van der Waals surface area contributed by atoms with Crippen molar-refractivity contribution in [2.45, 2.75) is 25.4 Å². The number of hydrogen-bond acceptors (Lipinski definition) is 4. The van der Waals surface area contributed by atoms with E-state index in [4.69, 9.17) is 11.5 Å². The Morgan fingerprint density at radius 2 is 1.86 bits per heavy atom. The van der Waals surface area contributed by atoms with E-state index in [1.54, 1.807) is 18.2 Å². The zero-order valence-electron chi connectivity index (χ0n) is 15.8. The maximum atomic E-state index is 13.3. The largest absolute Gasteiger partial charge is 0.368 e. The number of hydrogen-bond donors (Lipinski definition) is 2. The smallest absolute Gasteiger partial charge is 0.267 e. The van der Waals surface area contributed by atoms with Gasteiger partial charge in [0.05, 0.1) is 11.6 Å². The lowest BCUT2D eigenvalue weighted by atomic mass is 9.98. The standard InChI is InChI=1S/C22H21FN4O2/c23-15-6-4-14(5-7-15)17-11-19(21(24)28)26-18-10-13(3-8-16(17)18)12-27-9-1-2-20(27)22(25)29/h3-8,10-11,20H,1-2,9,12H2,(H2,24,28)(H2,25,29)/t20-/m0/s1. The maximum Gasteiger partial charge on any atom is 0.267 e. The average Bonchev–Trinajstić information content (AvgIpc) is 3.16. The predicted octanol–water partition coefficient (Wildman–Crippen LogP) is 2.59. The summed E-state index contributed by atoms with van der Waals surface area (Å²) in [4.78, 5) is 29.9. The molecule has 29 heavy (non-hydrogen) atoms. The minimum Gasteiger partial charge on any atom is -0.368 e. The number of fused-ring (bicyclic) bond motifs is 1. The third-order valence-electron chi connectivity index (χ3n) is 5.36. The Bertz CT molecular complexity index is 1100. The molecule has 4 rings (SSSR count). The second-order valence-corrected chi connectivity index (χ2v) is 7.31. The summed E-state index contributed by atoms with van der Waals surface area (Å²) in [6.45, 7) is 1.37. The monoisotopic (exact) mass is 392 g/mol. The van der Waals surface area contributed by atoms with Crippen LogP contribution in [0.4, 0.5) is 4.39 Å². The Balaban J connectivity index is 1.77. The molecule has 6 nitrogen and oxygen atoms in total. The molecule has 7 heteroatoms. The summed E-state index contributed by atoms with van der Waals surface area (Å²) in [6.07, 6.45) is 1.70. The fraction of sp³-hybridized carbons (Fsp3) is 0.227. The number of amides is 2. The van der Waals surface area contributed by atoms with Gasteiger partial charge in [0.1, 0.15) is 11.5 Å². The molecule has 0 unspecified atom stereocenters. The summed E-state index contributed by atoms with van der Waals surface area (Å²) in [7, 11) is 0. The van der Waals surface area contributed by atoms with Gasteiger partial charge < -0.3 is 11.5 Å². The zero-order valence-corrected chi connectivity index (χ0v) is 15.8. The van der Waals surface area contributed by atoms with E-state index in [-0.39, 0.29) is 23.5 Å². The van der Waals surface area contributed by atoms with Crippen molar-refractivity contribution in [2.75, 3.05) is 6.54 Å². The number of halogens is 1. The summed E-state index contributed by atoms with van der Waals surface area (Å²) in [6, 6.07) is 13.2. The second-order valence-electron chi connectivity index (χ2n) is 7.31. The maximum absolute atomic E-state index is 13.3. The highest BCUT2D eigenvalue weighted by molar-refractivity contribution is 6.00. The molecule has 0 aliphatic carbocycles. The van der Waals surface area contributed by atoms with Gasteiger partial charge in [0.15, 0.2) is 0 Å². The first-order valence-electron chi connectivity index (χ1n) is 9.45. The number of nitrogens with zero attached hydrogens (tertiary/aromatic N) is 2. The van der Waals surface area contributed by atoms with Crippen LogP contribution in [0, 0.1) is 5.82 Å². The Kier molecular flexibility index (Phi) is 4.98. The van der Waals surface area contributed by atoms with E-state index in [1.165, 1.54) is 12.1 Å². The predicted molar refractivity (Wildman–Crippen MR) is 108 cm³/mol. The van der Waals surface area contributed by atoms with Crippen molar-refractivity contribution in [3.05, 3.63) is 65.6 Å². The molecule has 1 fully saturated rings. The Hall–Kier alpha value is -3.32. The van der Waals surface area contributed by atoms with E-state index in [0.717, 1.165) is 41.5 Å². The Morgan fingerprint density at radius 3 is 2.55 bits per heavy atom. The molecule has 2 heterocycles.